The SMILES string of the molecule is CCC(O)[Si](CCCC(C)(C)CN)(OC)OC. The van der Waals surface area contributed by atoms with Gasteiger partial charge in [0, 0.05) is 14.2 Å². The molecule has 17 heavy (non-hydrogen) atoms. The molecule has 3 N–H and O–H groups in total. The van der Waals surface area contributed by atoms with Gasteiger partial charge < -0.3 is 19.7 Å². The molecular formula is C12H29NO3Si. The van der Waals surface area contributed by atoms with Crippen molar-refractivity contribution in [3.8, 4) is 0 Å². The lowest BCUT2D eigenvalue weighted by Gasteiger charge is -2.32. The molecule has 0 amide bonds. The summed E-state index contributed by atoms with van der Waals surface area (Å²) in [7, 11) is 0.838. The van der Waals surface area contributed by atoms with E-state index in [1.807, 2.05) is 6.92 Å². The lowest BCUT2D eigenvalue weighted by molar-refractivity contribution is 0.135. The fourth-order valence-electron chi connectivity index (χ4n) is 1.95. The third kappa shape index (κ3) is 5.05. The molecule has 4 nitrogen and oxygen atoms in total. The van der Waals surface area contributed by atoms with Crippen LogP contribution in [0.4, 0.5) is 0 Å². The molecule has 104 valence electrons. The molecule has 0 aromatic carbocycles. The van der Waals surface area contributed by atoms with Crippen molar-refractivity contribution in [2.45, 2.75) is 51.8 Å². The average Bonchev–Trinajstić information content (AvgIpc) is 2.34. The van der Waals surface area contributed by atoms with Gasteiger partial charge in [0.25, 0.3) is 0 Å². The predicted octanol–water partition coefficient (Wildman–Crippen LogP) is 1.80. The number of rotatable bonds is 9. The summed E-state index contributed by atoms with van der Waals surface area (Å²) in [6.07, 6.45) is 2.69. The monoisotopic (exact) mass is 263 g/mol. The standard InChI is InChI=1S/C12H29NO3Si/c1-6-11(14)17(15-4,16-5)9-7-8-12(2,3)10-13/h11,14H,6-10,13H2,1-5H3. The summed E-state index contributed by atoms with van der Waals surface area (Å²) in [5.74, 6) is 0. The van der Waals surface area contributed by atoms with E-state index < -0.39 is 14.3 Å². The Morgan fingerprint density at radius 1 is 1.29 bits per heavy atom. The fourth-order valence-corrected chi connectivity index (χ4v) is 4.70. The van der Waals surface area contributed by atoms with E-state index >= 15 is 0 Å². The van der Waals surface area contributed by atoms with Crippen molar-refractivity contribution < 1.29 is 14.0 Å². The second-order valence-electron chi connectivity index (χ2n) is 5.37. The van der Waals surface area contributed by atoms with Gasteiger partial charge >= 0.3 is 8.56 Å². The molecule has 0 aliphatic rings. The van der Waals surface area contributed by atoms with Gasteiger partial charge in [-0.15, -0.1) is 0 Å². The van der Waals surface area contributed by atoms with E-state index in [0.717, 1.165) is 18.9 Å². The Morgan fingerprint density at radius 2 is 1.82 bits per heavy atom. The van der Waals surface area contributed by atoms with Crippen LogP contribution in [0.3, 0.4) is 0 Å². The van der Waals surface area contributed by atoms with E-state index in [2.05, 4.69) is 13.8 Å². The van der Waals surface area contributed by atoms with Crippen LogP contribution in [0.1, 0.15) is 40.0 Å². The van der Waals surface area contributed by atoms with E-state index in [4.69, 9.17) is 14.6 Å². The Hall–Kier alpha value is 0.0569. The van der Waals surface area contributed by atoms with Crippen molar-refractivity contribution in [1.29, 1.82) is 0 Å². The maximum atomic E-state index is 10.0. The summed E-state index contributed by atoms with van der Waals surface area (Å²) in [4.78, 5) is 0. The molecule has 1 atom stereocenters. The summed E-state index contributed by atoms with van der Waals surface area (Å²) < 4.78 is 11.0. The molecule has 0 aromatic heterocycles. The zero-order chi connectivity index (χ0) is 13.5. The van der Waals surface area contributed by atoms with Crippen molar-refractivity contribution >= 4 is 8.56 Å². The van der Waals surface area contributed by atoms with Crippen LogP contribution in [0.2, 0.25) is 6.04 Å². The maximum Gasteiger partial charge on any atom is 0.367 e. The normalized spacial score (nSPS) is 15.0. The minimum atomic E-state index is -2.44. The lowest BCUT2D eigenvalue weighted by atomic mass is 9.88. The molecule has 0 bridgehead atoms. The highest BCUT2D eigenvalue weighted by molar-refractivity contribution is 6.68. The largest absolute Gasteiger partial charge is 0.396 e. The van der Waals surface area contributed by atoms with E-state index in [0.29, 0.717) is 13.0 Å². The second-order valence-corrected chi connectivity index (χ2v) is 8.97. The van der Waals surface area contributed by atoms with Crippen molar-refractivity contribution in [2.75, 3.05) is 20.8 Å². The molecule has 0 radical (unpaired) electrons. The van der Waals surface area contributed by atoms with Crippen LogP contribution in [-0.4, -0.2) is 40.2 Å². The smallest absolute Gasteiger partial charge is 0.367 e. The van der Waals surface area contributed by atoms with Crippen molar-refractivity contribution in [2.24, 2.45) is 11.1 Å². The van der Waals surface area contributed by atoms with Crippen LogP contribution in [0.25, 0.3) is 0 Å². The molecule has 0 saturated carbocycles. The molecule has 0 spiro atoms. The van der Waals surface area contributed by atoms with Gasteiger partial charge in [-0.05, 0) is 30.8 Å². The highest BCUT2D eigenvalue weighted by atomic mass is 28.4. The number of hydrogen-bond donors (Lipinski definition) is 2. The topological polar surface area (TPSA) is 64.7 Å². The molecule has 0 saturated heterocycles. The molecule has 5 heteroatoms. The molecule has 0 fully saturated rings. The maximum absolute atomic E-state index is 10.0. The third-order valence-corrected chi connectivity index (χ3v) is 7.37. The van der Waals surface area contributed by atoms with Crippen LogP contribution in [0.5, 0.6) is 0 Å². The van der Waals surface area contributed by atoms with E-state index in [1.165, 1.54) is 0 Å². The van der Waals surface area contributed by atoms with Crippen molar-refractivity contribution in [3.05, 3.63) is 0 Å². The quantitative estimate of drug-likeness (QED) is 0.623. The Kier molecular flexibility index (Phi) is 7.51. The Labute approximate surface area is 107 Å². The first-order valence-corrected chi connectivity index (χ1v) is 8.46. The molecule has 0 aliphatic carbocycles. The Balaban J connectivity index is 4.37. The van der Waals surface area contributed by atoms with Gasteiger partial charge in [0.15, 0.2) is 0 Å². The number of aliphatic hydroxyl groups is 1. The van der Waals surface area contributed by atoms with Gasteiger partial charge in [-0.25, -0.2) is 0 Å². The average molecular weight is 263 g/mol. The van der Waals surface area contributed by atoms with Gasteiger partial charge in [-0.3, -0.25) is 0 Å². The minimum absolute atomic E-state index is 0.152. The number of nitrogens with two attached hydrogens (primary N) is 1. The third-order valence-electron chi connectivity index (χ3n) is 3.52. The first-order chi connectivity index (χ1) is 7.87. The summed E-state index contributed by atoms with van der Waals surface area (Å²) in [6.45, 7) is 6.95. The zero-order valence-electron chi connectivity index (χ0n) is 12.0. The number of hydrogen-bond acceptors (Lipinski definition) is 4. The summed E-state index contributed by atoms with van der Waals surface area (Å²) in [5.41, 5.74) is 5.40. The summed E-state index contributed by atoms with van der Waals surface area (Å²) in [6, 6.07) is 0.818. The lowest BCUT2D eigenvalue weighted by Crippen LogP contribution is -2.52. The first kappa shape index (κ1) is 17.1. The molecular weight excluding hydrogens is 234 g/mol. The van der Waals surface area contributed by atoms with Gasteiger partial charge in [0.05, 0.1) is 5.73 Å². The molecule has 0 aromatic rings. The highest BCUT2D eigenvalue weighted by Gasteiger charge is 2.42. The Bertz CT molecular complexity index is 208. The molecule has 1 unspecified atom stereocenters. The van der Waals surface area contributed by atoms with Crippen molar-refractivity contribution in [3.63, 3.8) is 0 Å². The van der Waals surface area contributed by atoms with Gasteiger partial charge in [0.2, 0.25) is 0 Å². The molecule has 0 heterocycles. The second kappa shape index (κ2) is 7.48. The van der Waals surface area contributed by atoms with Gasteiger partial charge in [-0.2, -0.15) is 0 Å². The van der Waals surface area contributed by atoms with Crippen LogP contribution in [0, 0.1) is 5.41 Å². The minimum Gasteiger partial charge on any atom is -0.396 e. The van der Waals surface area contributed by atoms with Crippen LogP contribution in [0.15, 0.2) is 0 Å². The van der Waals surface area contributed by atoms with Crippen LogP contribution >= 0.6 is 0 Å². The van der Waals surface area contributed by atoms with E-state index in [1.54, 1.807) is 14.2 Å². The zero-order valence-corrected chi connectivity index (χ0v) is 13.0. The van der Waals surface area contributed by atoms with Crippen molar-refractivity contribution in [1.82, 2.24) is 0 Å². The molecule has 0 aliphatic heterocycles. The van der Waals surface area contributed by atoms with Gasteiger partial charge in [-0.1, -0.05) is 27.2 Å². The Morgan fingerprint density at radius 3 is 2.18 bits per heavy atom. The molecule has 0 rings (SSSR count). The van der Waals surface area contributed by atoms with E-state index in [9.17, 15) is 5.11 Å². The summed E-state index contributed by atoms with van der Waals surface area (Å²) in [5, 5.41) is 10.0. The fraction of sp³-hybridized carbons (Fsp3) is 1.00. The summed E-state index contributed by atoms with van der Waals surface area (Å²) >= 11 is 0. The van der Waals surface area contributed by atoms with Gasteiger partial charge in [0.1, 0.15) is 0 Å². The van der Waals surface area contributed by atoms with E-state index in [-0.39, 0.29) is 5.41 Å². The highest BCUT2D eigenvalue weighted by Crippen LogP contribution is 2.27. The predicted molar refractivity (Wildman–Crippen MR) is 72.9 cm³/mol. The van der Waals surface area contributed by atoms with Crippen LogP contribution in [-0.2, 0) is 8.85 Å². The van der Waals surface area contributed by atoms with Crippen LogP contribution < -0.4 is 5.73 Å². The first-order valence-electron chi connectivity index (χ1n) is 6.36. The number of aliphatic hydroxyl groups excluding tert-OH is 1.